The maximum absolute atomic E-state index is 12.8. The standard InChI is InChI=1S/C21H23ClN2O2/c1-15-9-10-18(22)14-19(15)23-20(25)16-7-6-8-17(13-16)21(26)24-11-4-2-3-5-12-24/h6-10,13-14H,2-5,11-12H2,1H3,(H,23,25). The molecule has 1 heterocycles. The minimum Gasteiger partial charge on any atom is -0.339 e. The van der Waals surface area contributed by atoms with Crippen molar-refractivity contribution in [3.63, 3.8) is 0 Å². The molecule has 26 heavy (non-hydrogen) atoms. The molecule has 0 radical (unpaired) electrons. The lowest BCUT2D eigenvalue weighted by Gasteiger charge is -2.20. The quantitative estimate of drug-likeness (QED) is 0.833. The number of carbonyl (C=O) groups excluding carboxylic acids is 2. The maximum Gasteiger partial charge on any atom is 0.255 e. The van der Waals surface area contributed by atoms with Crippen LogP contribution < -0.4 is 5.32 Å². The Morgan fingerprint density at radius 2 is 1.65 bits per heavy atom. The Bertz CT molecular complexity index is 811. The van der Waals surface area contributed by atoms with Crippen molar-refractivity contribution in [2.45, 2.75) is 32.6 Å². The molecule has 0 aliphatic carbocycles. The summed E-state index contributed by atoms with van der Waals surface area (Å²) in [5.41, 5.74) is 2.62. The van der Waals surface area contributed by atoms with Crippen molar-refractivity contribution in [1.29, 1.82) is 0 Å². The molecule has 5 heteroatoms. The van der Waals surface area contributed by atoms with Gasteiger partial charge in [0.25, 0.3) is 11.8 Å². The largest absolute Gasteiger partial charge is 0.339 e. The Morgan fingerprint density at radius 1 is 0.962 bits per heavy atom. The topological polar surface area (TPSA) is 49.4 Å². The number of likely N-dealkylation sites (tertiary alicyclic amines) is 1. The molecule has 0 spiro atoms. The van der Waals surface area contributed by atoms with Gasteiger partial charge >= 0.3 is 0 Å². The lowest BCUT2D eigenvalue weighted by molar-refractivity contribution is 0.0761. The van der Waals surface area contributed by atoms with Crippen molar-refractivity contribution in [3.8, 4) is 0 Å². The van der Waals surface area contributed by atoms with E-state index in [9.17, 15) is 9.59 Å². The lowest BCUT2D eigenvalue weighted by atomic mass is 10.1. The summed E-state index contributed by atoms with van der Waals surface area (Å²) >= 11 is 6.01. The second kappa shape index (κ2) is 8.37. The Kier molecular flexibility index (Phi) is 5.94. The molecule has 1 aliphatic heterocycles. The molecule has 4 nitrogen and oxygen atoms in total. The lowest BCUT2D eigenvalue weighted by Crippen LogP contribution is -2.32. The van der Waals surface area contributed by atoms with Crippen LogP contribution >= 0.6 is 11.6 Å². The molecule has 1 aliphatic rings. The summed E-state index contributed by atoms with van der Waals surface area (Å²) in [6.07, 6.45) is 4.43. The van der Waals surface area contributed by atoms with Gasteiger partial charge in [-0.3, -0.25) is 9.59 Å². The Hall–Kier alpha value is -2.33. The van der Waals surface area contributed by atoms with E-state index in [0.717, 1.165) is 31.5 Å². The van der Waals surface area contributed by atoms with Crippen LogP contribution in [0.1, 0.15) is 52.0 Å². The second-order valence-corrected chi connectivity index (χ2v) is 7.14. The molecule has 0 unspecified atom stereocenters. The van der Waals surface area contributed by atoms with Crippen LogP contribution in [0.2, 0.25) is 5.02 Å². The molecule has 1 fully saturated rings. The molecule has 2 aromatic carbocycles. The van der Waals surface area contributed by atoms with Crippen LogP contribution in [0.3, 0.4) is 0 Å². The summed E-state index contributed by atoms with van der Waals surface area (Å²) in [4.78, 5) is 27.3. The summed E-state index contributed by atoms with van der Waals surface area (Å²) in [5.74, 6) is -0.249. The second-order valence-electron chi connectivity index (χ2n) is 6.70. The number of amides is 2. The van der Waals surface area contributed by atoms with Gasteiger partial charge in [-0.1, -0.05) is 36.6 Å². The first-order valence-corrected chi connectivity index (χ1v) is 9.39. The fraction of sp³-hybridized carbons (Fsp3) is 0.333. The molecule has 2 aromatic rings. The van der Waals surface area contributed by atoms with Crippen molar-refractivity contribution in [1.82, 2.24) is 4.90 Å². The van der Waals surface area contributed by atoms with Gasteiger partial charge in [-0.15, -0.1) is 0 Å². The average molecular weight is 371 g/mol. The van der Waals surface area contributed by atoms with Crippen LogP contribution in [0.5, 0.6) is 0 Å². The molecular formula is C21H23ClN2O2. The number of carbonyl (C=O) groups is 2. The molecule has 0 aromatic heterocycles. The summed E-state index contributed by atoms with van der Waals surface area (Å²) in [7, 11) is 0. The number of nitrogens with one attached hydrogen (secondary N) is 1. The Morgan fingerprint density at radius 3 is 2.38 bits per heavy atom. The highest BCUT2D eigenvalue weighted by Gasteiger charge is 2.18. The van der Waals surface area contributed by atoms with E-state index in [-0.39, 0.29) is 11.8 Å². The molecular weight excluding hydrogens is 348 g/mol. The van der Waals surface area contributed by atoms with Gasteiger partial charge < -0.3 is 10.2 Å². The average Bonchev–Trinajstić information content (AvgIpc) is 2.93. The van der Waals surface area contributed by atoms with Gasteiger partial charge in [0.05, 0.1) is 0 Å². The number of halogens is 1. The predicted octanol–water partition coefficient (Wildman–Crippen LogP) is 4.92. The van der Waals surface area contributed by atoms with Crippen molar-refractivity contribution >= 4 is 29.1 Å². The summed E-state index contributed by atoms with van der Waals surface area (Å²) in [6, 6.07) is 12.3. The molecule has 3 rings (SSSR count). The molecule has 2 amide bonds. The van der Waals surface area contributed by atoms with Crippen LogP contribution in [0.15, 0.2) is 42.5 Å². The SMILES string of the molecule is Cc1ccc(Cl)cc1NC(=O)c1cccc(C(=O)N2CCCCCC2)c1. The van der Waals surface area contributed by atoms with Gasteiger partial charge in [-0.05, 0) is 55.7 Å². The van der Waals surface area contributed by atoms with E-state index in [1.165, 1.54) is 12.8 Å². The number of hydrogen-bond donors (Lipinski definition) is 1. The predicted molar refractivity (Wildman–Crippen MR) is 105 cm³/mol. The van der Waals surface area contributed by atoms with E-state index in [1.54, 1.807) is 36.4 Å². The monoisotopic (exact) mass is 370 g/mol. The third kappa shape index (κ3) is 4.44. The summed E-state index contributed by atoms with van der Waals surface area (Å²) < 4.78 is 0. The first-order valence-electron chi connectivity index (χ1n) is 9.01. The minimum absolute atomic E-state index is 0.000450. The third-order valence-electron chi connectivity index (χ3n) is 4.71. The van der Waals surface area contributed by atoms with Crippen molar-refractivity contribution in [3.05, 3.63) is 64.2 Å². The third-order valence-corrected chi connectivity index (χ3v) is 4.95. The zero-order chi connectivity index (χ0) is 18.5. The van der Waals surface area contributed by atoms with E-state index in [4.69, 9.17) is 11.6 Å². The normalized spacial score (nSPS) is 14.6. The number of nitrogens with zero attached hydrogens (tertiary/aromatic N) is 1. The summed E-state index contributed by atoms with van der Waals surface area (Å²) in [5, 5.41) is 3.44. The highest BCUT2D eigenvalue weighted by molar-refractivity contribution is 6.31. The van der Waals surface area contributed by atoms with Crippen molar-refractivity contribution < 1.29 is 9.59 Å². The van der Waals surface area contributed by atoms with E-state index in [1.807, 2.05) is 17.9 Å². The number of anilines is 1. The van der Waals surface area contributed by atoms with Gasteiger partial charge in [0.2, 0.25) is 0 Å². The van der Waals surface area contributed by atoms with E-state index < -0.39 is 0 Å². The first-order chi connectivity index (χ1) is 12.5. The highest BCUT2D eigenvalue weighted by Crippen LogP contribution is 2.21. The van der Waals surface area contributed by atoms with Crippen LogP contribution in [-0.4, -0.2) is 29.8 Å². The highest BCUT2D eigenvalue weighted by atomic mass is 35.5. The van der Waals surface area contributed by atoms with Gasteiger partial charge in [0.15, 0.2) is 0 Å². The molecule has 0 saturated carbocycles. The van der Waals surface area contributed by atoms with Gasteiger partial charge in [-0.2, -0.15) is 0 Å². The Balaban J connectivity index is 1.76. The number of hydrogen-bond acceptors (Lipinski definition) is 2. The maximum atomic E-state index is 12.8. The van der Waals surface area contributed by atoms with Gasteiger partial charge in [0, 0.05) is 34.9 Å². The smallest absolute Gasteiger partial charge is 0.255 e. The summed E-state index contributed by atoms with van der Waals surface area (Å²) in [6.45, 7) is 3.49. The van der Waals surface area contributed by atoms with Crippen LogP contribution in [0.25, 0.3) is 0 Å². The molecule has 1 saturated heterocycles. The van der Waals surface area contributed by atoms with Crippen LogP contribution in [-0.2, 0) is 0 Å². The molecule has 1 N–H and O–H groups in total. The first kappa shape index (κ1) is 18.5. The molecule has 0 atom stereocenters. The van der Waals surface area contributed by atoms with Crippen LogP contribution in [0, 0.1) is 6.92 Å². The number of aryl methyl sites for hydroxylation is 1. The van der Waals surface area contributed by atoms with E-state index in [0.29, 0.717) is 21.8 Å². The van der Waals surface area contributed by atoms with Crippen molar-refractivity contribution in [2.75, 3.05) is 18.4 Å². The van der Waals surface area contributed by atoms with E-state index in [2.05, 4.69) is 5.32 Å². The van der Waals surface area contributed by atoms with E-state index >= 15 is 0 Å². The van der Waals surface area contributed by atoms with Crippen molar-refractivity contribution in [2.24, 2.45) is 0 Å². The van der Waals surface area contributed by atoms with Gasteiger partial charge in [0.1, 0.15) is 0 Å². The van der Waals surface area contributed by atoms with Crippen LogP contribution in [0.4, 0.5) is 5.69 Å². The molecule has 136 valence electrons. The zero-order valence-corrected chi connectivity index (χ0v) is 15.7. The fourth-order valence-corrected chi connectivity index (χ4v) is 3.35. The minimum atomic E-state index is -0.249. The molecule has 0 bridgehead atoms. The van der Waals surface area contributed by atoms with Gasteiger partial charge in [-0.25, -0.2) is 0 Å². The zero-order valence-electron chi connectivity index (χ0n) is 14.9. The fourth-order valence-electron chi connectivity index (χ4n) is 3.17. The Labute approximate surface area is 159 Å². The number of benzene rings is 2. The number of rotatable bonds is 3.